The standard InChI is InChI=1S/C16H34N2O2/c1-15-5-7-16(8-6-15,13-17-2)14-18(9-11-19-3)10-12-20-4/h15,17H,5-14H2,1-4H3. The minimum Gasteiger partial charge on any atom is -0.383 e. The summed E-state index contributed by atoms with van der Waals surface area (Å²) in [4.78, 5) is 2.51. The van der Waals surface area contributed by atoms with Gasteiger partial charge in [-0.3, -0.25) is 4.90 Å². The molecule has 1 rings (SSSR count). The van der Waals surface area contributed by atoms with Crippen molar-refractivity contribution in [3.05, 3.63) is 0 Å². The molecule has 0 saturated heterocycles. The summed E-state index contributed by atoms with van der Waals surface area (Å²) in [5.74, 6) is 0.895. The predicted molar refractivity (Wildman–Crippen MR) is 84.2 cm³/mol. The lowest BCUT2D eigenvalue weighted by atomic mass is 9.70. The van der Waals surface area contributed by atoms with Gasteiger partial charge in [0, 0.05) is 40.4 Å². The number of methoxy groups -OCH3 is 2. The van der Waals surface area contributed by atoms with E-state index in [0.717, 1.165) is 45.3 Å². The molecule has 0 aliphatic heterocycles. The first-order valence-electron chi connectivity index (χ1n) is 8.00. The van der Waals surface area contributed by atoms with Crippen LogP contribution in [0.3, 0.4) is 0 Å². The normalized spacial score (nSPS) is 27.1. The van der Waals surface area contributed by atoms with Crippen molar-refractivity contribution in [2.24, 2.45) is 11.3 Å². The van der Waals surface area contributed by atoms with Gasteiger partial charge in [0.15, 0.2) is 0 Å². The van der Waals surface area contributed by atoms with E-state index in [2.05, 4.69) is 24.2 Å². The summed E-state index contributed by atoms with van der Waals surface area (Å²) in [6.07, 6.45) is 5.41. The smallest absolute Gasteiger partial charge is 0.0589 e. The van der Waals surface area contributed by atoms with E-state index in [-0.39, 0.29) is 0 Å². The van der Waals surface area contributed by atoms with Gasteiger partial charge in [-0.05, 0) is 31.2 Å². The highest BCUT2D eigenvalue weighted by atomic mass is 16.5. The fraction of sp³-hybridized carbons (Fsp3) is 1.00. The van der Waals surface area contributed by atoms with Crippen LogP contribution in [0.2, 0.25) is 0 Å². The zero-order valence-electron chi connectivity index (χ0n) is 13.9. The van der Waals surface area contributed by atoms with E-state index in [9.17, 15) is 0 Å². The number of nitrogens with one attached hydrogen (secondary N) is 1. The molecular formula is C16H34N2O2. The molecular weight excluding hydrogens is 252 g/mol. The number of hydrogen-bond acceptors (Lipinski definition) is 4. The number of rotatable bonds is 10. The van der Waals surface area contributed by atoms with Crippen LogP contribution in [0.25, 0.3) is 0 Å². The lowest BCUT2D eigenvalue weighted by molar-refractivity contribution is 0.0535. The minimum absolute atomic E-state index is 0.433. The lowest BCUT2D eigenvalue weighted by Crippen LogP contribution is -2.47. The van der Waals surface area contributed by atoms with Gasteiger partial charge in [0.1, 0.15) is 0 Å². The summed E-state index contributed by atoms with van der Waals surface area (Å²) >= 11 is 0. The van der Waals surface area contributed by atoms with Gasteiger partial charge in [0.2, 0.25) is 0 Å². The number of hydrogen-bond donors (Lipinski definition) is 1. The fourth-order valence-electron chi connectivity index (χ4n) is 3.33. The van der Waals surface area contributed by atoms with Crippen LogP contribution in [0.15, 0.2) is 0 Å². The Morgan fingerprint density at radius 3 is 2.10 bits per heavy atom. The first-order chi connectivity index (χ1) is 9.65. The molecule has 1 fully saturated rings. The van der Waals surface area contributed by atoms with Crippen LogP contribution in [0.5, 0.6) is 0 Å². The predicted octanol–water partition coefficient (Wildman–Crippen LogP) is 2.00. The summed E-state index contributed by atoms with van der Waals surface area (Å²) in [6.45, 7) is 8.27. The van der Waals surface area contributed by atoms with Crippen LogP contribution >= 0.6 is 0 Å². The molecule has 0 heterocycles. The van der Waals surface area contributed by atoms with Crippen LogP contribution in [-0.4, -0.2) is 65.6 Å². The zero-order valence-corrected chi connectivity index (χ0v) is 13.9. The number of nitrogens with zero attached hydrogens (tertiary/aromatic N) is 1. The summed E-state index contributed by atoms with van der Waals surface area (Å²) in [5, 5.41) is 3.42. The van der Waals surface area contributed by atoms with Crippen molar-refractivity contribution in [2.75, 3.05) is 60.7 Å². The third-order valence-electron chi connectivity index (χ3n) is 4.67. The van der Waals surface area contributed by atoms with Crippen LogP contribution in [-0.2, 0) is 9.47 Å². The van der Waals surface area contributed by atoms with Gasteiger partial charge < -0.3 is 14.8 Å². The van der Waals surface area contributed by atoms with E-state index in [1.54, 1.807) is 14.2 Å². The second-order valence-electron chi connectivity index (χ2n) is 6.47. The zero-order chi connectivity index (χ0) is 14.8. The van der Waals surface area contributed by atoms with E-state index in [4.69, 9.17) is 9.47 Å². The minimum atomic E-state index is 0.433. The van der Waals surface area contributed by atoms with Crippen LogP contribution in [0, 0.1) is 11.3 Å². The van der Waals surface area contributed by atoms with Gasteiger partial charge in [-0.25, -0.2) is 0 Å². The molecule has 0 radical (unpaired) electrons. The molecule has 1 aliphatic carbocycles. The lowest BCUT2D eigenvalue weighted by Gasteiger charge is -2.43. The second kappa shape index (κ2) is 9.72. The van der Waals surface area contributed by atoms with Crippen molar-refractivity contribution in [3.8, 4) is 0 Å². The maximum absolute atomic E-state index is 5.25. The molecule has 0 amide bonds. The molecule has 0 bridgehead atoms. The molecule has 1 aliphatic rings. The molecule has 1 N–H and O–H groups in total. The van der Waals surface area contributed by atoms with Crippen molar-refractivity contribution < 1.29 is 9.47 Å². The quantitative estimate of drug-likeness (QED) is 0.666. The largest absolute Gasteiger partial charge is 0.383 e. The molecule has 1 saturated carbocycles. The van der Waals surface area contributed by atoms with Gasteiger partial charge in [-0.1, -0.05) is 19.8 Å². The van der Waals surface area contributed by atoms with Crippen LogP contribution < -0.4 is 5.32 Å². The molecule has 0 unspecified atom stereocenters. The summed E-state index contributed by atoms with van der Waals surface area (Å²) in [6, 6.07) is 0. The topological polar surface area (TPSA) is 33.7 Å². The molecule has 120 valence electrons. The summed E-state index contributed by atoms with van der Waals surface area (Å²) in [7, 11) is 5.63. The van der Waals surface area contributed by atoms with Crippen molar-refractivity contribution >= 4 is 0 Å². The monoisotopic (exact) mass is 286 g/mol. The Kier molecular flexibility index (Phi) is 8.69. The molecule has 0 aromatic rings. The maximum Gasteiger partial charge on any atom is 0.0589 e. The third-order valence-corrected chi connectivity index (χ3v) is 4.67. The van der Waals surface area contributed by atoms with Crippen molar-refractivity contribution in [1.82, 2.24) is 10.2 Å². The van der Waals surface area contributed by atoms with E-state index in [1.807, 2.05) is 0 Å². The Balaban J connectivity index is 2.58. The summed E-state index contributed by atoms with van der Waals surface area (Å²) < 4.78 is 10.5. The second-order valence-corrected chi connectivity index (χ2v) is 6.47. The molecule has 4 heteroatoms. The Hall–Kier alpha value is -0.160. The summed E-state index contributed by atoms with van der Waals surface area (Å²) in [5.41, 5.74) is 0.433. The Morgan fingerprint density at radius 1 is 1.10 bits per heavy atom. The molecule has 20 heavy (non-hydrogen) atoms. The van der Waals surface area contributed by atoms with E-state index < -0.39 is 0 Å². The molecule has 0 atom stereocenters. The van der Waals surface area contributed by atoms with Gasteiger partial charge in [-0.15, -0.1) is 0 Å². The van der Waals surface area contributed by atoms with Gasteiger partial charge in [0.25, 0.3) is 0 Å². The first-order valence-corrected chi connectivity index (χ1v) is 8.00. The molecule has 0 aromatic carbocycles. The Bertz CT molecular complexity index is 233. The van der Waals surface area contributed by atoms with Gasteiger partial charge in [-0.2, -0.15) is 0 Å². The van der Waals surface area contributed by atoms with Crippen molar-refractivity contribution in [1.29, 1.82) is 0 Å². The number of ether oxygens (including phenoxy) is 2. The Labute approximate surface area is 125 Å². The van der Waals surface area contributed by atoms with Crippen LogP contribution in [0.4, 0.5) is 0 Å². The molecule has 4 nitrogen and oxygen atoms in total. The average molecular weight is 286 g/mol. The van der Waals surface area contributed by atoms with E-state index in [0.29, 0.717) is 5.41 Å². The maximum atomic E-state index is 5.25. The highest BCUT2D eigenvalue weighted by Gasteiger charge is 2.35. The van der Waals surface area contributed by atoms with E-state index >= 15 is 0 Å². The third kappa shape index (κ3) is 6.08. The van der Waals surface area contributed by atoms with Crippen molar-refractivity contribution in [3.63, 3.8) is 0 Å². The van der Waals surface area contributed by atoms with Crippen LogP contribution in [0.1, 0.15) is 32.6 Å². The van der Waals surface area contributed by atoms with Gasteiger partial charge in [0.05, 0.1) is 13.2 Å². The highest BCUT2D eigenvalue weighted by Crippen LogP contribution is 2.39. The SMILES string of the molecule is CNCC1(CN(CCOC)CCOC)CCC(C)CC1. The molecule has 0 aromatic heterocycles. The fourth-order valence-corrected chi connectivity index (χ4v) is 3.33. The highest BCUT2D eigenvalue weighted by molar-refractivity contribution is 4.89. The Morgan fingerprint density at radius 2 is 1.65 bits per heavy atom. The van der Waals surface area contributed by atoms with Gasteiger partial charge >= 0.3 is 0 Å². The first kappa shape index (κ1) is 17.9. The van der Waals surface area contributed by atoms with E-state index in [1.165, 1.54) is 25.7 Å². The molecule has 0 spiro atoms. The van der Waals surface area contributed by atoms with Crippen molar-refractivity contribution in [2.45, 2.75) is 32.6 Å². The average Bonchev–Trinajstić information content (AvgIpc) is 2.45.